The minimum atomic E-state index is 0.120. The monoisotopic (exact) mass is 313 g/mol. The molecule has 4 heteroatoms. The second-order valence-electron chi connectivity index (χ2n) is 5.38. The number of hydrogen-bond donors (Lipinski definition) is 0. The topological polar surface area (TPSA) is 20.3 Å². The summed E-state index contributed by atoms with van der Waals surface area (Å²) >= 11 is 0. The molecule has 0 aromatic heterocycles. The number of carbonyl (C=O) groups is 1. The van der Waals surface area contributed by atoms with E-state index in [1.807, 2.05) is 49.9 Å². The third-order valence-corrected chi connectivity index (χ3v) is 5.42. The predicted octanol–water partition coefficient (Wildman–Crippen LogP) is 5.05. The van der Waals surface area contributed by atoms with Gasteiger partial charge in [-0.05, 0) is 52.5 Å². The highest BCUT2D eigenvalue weighted by molar-refractivity contribution is 8.76. The minimum Gasteiger partial charge on any atom is -0.316 e. The van der Waals surface area contributed by atoms with Crippen molar-refractivity contribution in [2.45, 2.75) is 45.3 Å². The average Bonchev–Trinajstić information content (AvgIpc) is 2.34. The molecule has 0 aromatic carbocycles. The molecule has 0 bridgehead atoms. The van der Waals surface area contributed by atoms with Crippen LogP contribution in [0.4, 0.5) is 0 Å². The molecule has 0 aliphatic rings. The summed E-state index contributed by atoms with van der Waals surface area (Å²) in [6, 6.07) is 0. The minimum absolute atomic E-state index is 0.120. The maximum absolute atomic E-state index is 12.3. The van der Waals surface area contributed by atoms with Crippen LogP contribution < -0.4 is 0 Å². The highest BCUT2D eigenvalue weighted by atomic mass is 33.1. The Bertz CT molecular complexity index is 397. The number of nitrogens with zero attached hydrogens (tertiary/aromatic N) is 1. The van der Waals surface area contributed by atoms with Crippen molar-refractivity contribution in [1.82, 2.24) is 4.90 Å². The molecule has 0 aliphatic heterocycles. The zero-order chi connectivity index (χ0) is 15.8. The van der Waals surface area contributed by atoms with Gasteiger partial charge in [0.25, 0.3) is 0 Å². The fourth-order valence-electron chi connectivity index (χ4n) is 1.67. The van der Waals surface area contributed by atoms with E-state index in [0.29, 0.717) is 6.42 Å². The molecular formula is C16H27NOS2. The Balaban J connectivity index is 4.71. The molecule has 0 rings (SSSR count). The number of allylic oxidation sites excluding steroid dienone is 4. The quantitative estimate of drug-likeness (QED) is 0.462. The lowest BCUT2D eigenvalue weighted by Crippen LogP contribution is -2.27. The van der Waals surface area contributed by atoms with Crippen molar-refractivity contribution < 1.29 is 4.79 Å². The highest BCUT2D eigenvalue weighted by Crippen LogP contribution is 2.37. The molecule has 0 fully saturated rings. The molecular weight excluding hydrogens is 286 g/mol. The fraction of sp³-hybridized carbons (Fsp3) is 0.562. The predicted molar refractivity (Wildman–Crippen MR) is 94.9 cm³/mol. The van der Waals surface area contributed by atoms with E-state index in [2.05, 4.69) is 26.7 Å². The van der Waals surface area contributed by atoms with Crippen LogP contribution in [0.1, 0.15) is 40.5 Å². The van der Waals surface area contributed by atoms with E-state index in [1.165, 1.54) is 0 Å². The zero-order valence-corrected chi connectivity index (χ0v) is 15.2. The Morgan fingerprint density at radius 3 is 2.45 bits per heavy atom. The van der Waals surface area contributed by atoms with Gasteiger partial charge in [-0.3, -0.25) is 4.79 Å². The van der Waals surface area contributed by atoms with Crippen molar-refractivity contribution in [2.24, 2.45) is 0 Å². The molecule has 0 N–H and O–H groups in total. The number of rotatable bonds is 8. The van der Waals surface area contributed by atoms with Crippen LogP contribution in [0.25, 0.3) is 0 Å². The SMILES string of the molecule is C=C(C)/C=C(\C=C/C)N(C)C(=O)CCC(C)(C)SSC. The van der Waals surface area contributed by atoms with E-state index >= 15 is 0 Å². The molecule has 0 spiro atoms. The molecule has 0 atom stereocenters. The van der Waals surface area contributed by atoms with E-state index in [0.717, 1.165) is 17.7 Å². The van der Waals surface area contributed by atoms with Crippen LogP contribution in [0.15, 0.2) is 36.1 Å². The fourth-order valence-corrected chi connectivity index (χ4v) is 3.91. The van der Waals surface area contributed by atoms with Crippen LogP contribution in [0.5, 0.6) is 0 Å². The Morgan fingerprint density at radius 1 is 1.40 bits per heavy atom. The molecule has 0 aromatic rings. The number of carbonyl (C=O) groups excluding carboxylic acids is 1. The van der Waals surface area contributed by atoms with Gasteiger partial charge in [-0.1, -0.05) is 39.8 Å². The lowest BCUT2D eigenvalue weighted by atomic mass is 10.1. The van der Waals surface area contributed by atoms with Crippen molar-refractivity contribution in [3.8, 4) is 0 Å². The molecule has 114 valence electrons. The lowest BCUT2D eigenvalue weighted by Gasteiger charge is -2.24. The molecule has 1 amide bonds. The van der Waals surface area contributed by atoms with Crippen molar-refractivity contribution in [3.63, 3.8) is 0 Å². The van der Waals surface area contributed by atoms with Gasteiger partial charge < -0.3 is 4.90 Å². The summed E-state index contributed by atoms with van der Waals surface area (Å²) in [6.07, 6.45) is 9.31. The van der Waals surface area contributed by atoms with Crippen molar-refractivity contribution in [3.05, 3.63) is 36.1 Å². The van der Waals surface area contributed by atoms with Gasteiger partial charge in [-0.2, -0.15) is 0 Å². The second-order valence-corrected chi connectivity index (χ2v) is 8.48. The summed E-state index contributed by atoms with van der Waals surface area (Å²) in [5.41, 5.74) is 1.83. The van der Waals surface area contributed by atoms with Crippen LogP contribution in [-0.2, 0) is 4.79 Å². The summed E-state index contributed by atoms with van der Waals surface area (Å²) in [5.74, 6) is 0.144. The van der Waals surface area contributed by atoms with Crippen molar-refractivity contribution in [1.29, 1.82) is 0 Å². The highest BCUT2D eigenvalue weighted by Gasteiger charge is 2.21. The van der Waals surface area contributed by atoms with E-state index in [1.54, 1.807) is 15.7 Å². The van der Waals surface area contributed by atoms with Gasteiger partial charge in [0.2, 0.25) is 5.91 Å². The van der Waals surface area contributed by atoms with Crippen molar-refractivity contribution >= 4 is 27.5 Å². The molecule has 0 radical (unpaired) electrons. The normalized spacial score (nSPS) is 12.8. The first-order valence-electron chi connectivity index (χ1n) is 6.71. The molecule has 20 heavy (non-hydrogen) atoms. The number of likely N-dealkylation sites (N-methyl/N-ethyl adjacent to an activating group) is 1. The van der Waals surface area contributed by atoms with Crippen LogP contribution in [0.3, 0.4) is 0 Å². The summed E-state index contributed by atoms with van der Waals surface area (Å²) < 4.78 is 0.120. The Hall–Kier alpha value is -0.610. The van der Waals surface area contributed by atoms with Crippen LogP contribution in [0, 0.1) is 0 Å². The zero-order valence-electron chi connectivity index (χ0n) is 13.5. The molecule has 0 saturated heterocycles. The van der Waals surface area contributed by atoms with Gasteiger partial charge in [0, 0.05) is 23.9 Å². The van der Waals surface area contributed by atoms with Crippen LogP contribution in [0.2, 0.25) is 0 Å². The lowest BCUT2D eigenvalue weighted by molar-refractivity contribution is -0.128. The maximum atomic E-state index is 12.3. The molecule has 0 saturated carbocycles. The van der Waals surface area contributed by atoms with Gasteiger partial charge in [0.15, 0.2) is 0 Å². The van der Waals surface area contributed by atoms with Crippen LogP contribution >= 0.6 is 21.6 Å². The van der Waals surface area contributed by atoms with Gasteiger partial charge >= 0.3 is 0 Å². The van der Waals surface area contributed by atoms with E-state index < -0.39 is 0 Å². The van der Waals surface area contributed by atoms with Crippen molar-refractivity contribution in [2.75, 3.05) is 13.3 Å². The van der Waals surface area contributed by atoms with Gasteiger partial charge in [0.05, 0.1) is 0 Å². The third kappa shape index (κ3) is 7.85. The largest absolute Gasteiger partial charge is 0.316 e. The van der Waals surface area contributed by atoms with Gasteiger partial charge in [-0.15, -0.1) is 0 Å². The smallest absolute Gasteiger partial charge is 0.226 e. The van der Waals surface area contributed by atoms with E-state index in [9.17, 15) is 4.79 Å². The Kier molecular flexibility index (Phi) is 9.06. The standard InChI is InChI=1S/C16H27NOS2/c1-8-9-14(12-13(2)3)17(6)15(18)10-11-16(4,5)20-19-7/h8-9,12H,2,10-11H2,1,3-7H3/b9-8-,14-12+. The van der Waals surface area contributed by atoms with Gasteiger partial charge in [0.1, 0.15) is 0 Å². The van der Waals surface area contributed by atoms with Crippen LogP contribution in [-0.4, -0.2) is 28.9 Å². The van der Waals surface area contributed by atoms with E-state index in [-0.39, 0.29) is 10.7 Å². The average molecular weight is 314 g/mol. The van der Waals surface area contributed by atoms with E-state index in [4.69, 9.17) is 0 Å². The summed E-state index contributed by atoms with van der Waals surface area (Å²) in [7, 11) is 5.39. The second kappa shape index (κ2) is 9.35. The summed E-state index contributed by atoms with van der Waals surface area (Å²) in [5, 5.41) is 0. The molecule has 0 unspecified atom stereocenters. The first kappa shape index (κ1) is 19.4. The summed E-state index contributed by atoms with van der Waals surface area (Å²) in [4.78, 5) is 14.0. The maximum Gasteiger partial charge on any atom is 0.226 e. The first-order chi connectivity index (χ1) is 9.23. The molecule has 0 aliphatic carbocycles. The summed E-state index contributed by atoms with van der Waals surface area (Å²) in [6.45, 7) is 12.1. The Labute approximate surface area is 132 Å². The Morgan fingerprint density at radius 2 is 2.00 bits per heavy atom. The first-order valence-corrected chi connectivity index (χ1v) is 9.27. The molecule has 2 nitrogen and oxygen atoms in total. The van der Waals surface area contributed by atoms with Gasteiger partial charge in [-0.25, -0.2) is 0 Å². The molecule has 0 heterocycles. The number of hydrogen-bond acceptors (Lipinski definition) is 3. The third-order valence-electron chi connectivity index (χ3n) is 2.74. The number of amides is 1.